The lowest BCUT2D eigenvalue weighted by Crippen LogP contribution is -2.39. The lowest BCUT2D eigenvalue weighted by atomic mass is 9.78. The minimum atomic E-state index is 0. The van der Waals surface area contributed by atoms with Gasteiger partial charge in [0.2, 0.25) is 0 Å². The number of carbonyl (C=O) groups excluding carboxylic acids is 1. The van der Waals surface area contributed by atoms with Crippen LogP contribution in [-0.2, 0) is 4.79 Å². The van der Waals surface area contributed by atoms with Gasteiger partial charge in [0.25, 0.3) is 5.91 Å². The van der Waals surface area contributed by atoms with Crippen LogP contribution in [-0.4, -0.2) is 36.5 Å². The Hall–Kier alpha value is -0.970. The van der Waals surface area contributed by atoms with Crippen molar-refractivity contribution in [2.45, 2.75) is 25.3 Å². The summed E-state index contributed by atoms with van der Waals surface area (Å²) in [5, 5.41) is 0.609. The number of ether oxygens (including phenoxy) is 1. The van der Waals surface area contributed by atoms with Gasteiger partial charge in [0.1, 0.15) is 5.75 Å². The lowest BCUT2D eigenvalue weighted by molar-refractivity contribution is -0.132. The number of carbonyl (C=O) groups is 1. The third-order valence-electron chi connectivity index (χ3n) is 4.67. The van der Waals surface area contributed by atoms with Crippen molar-refractivity contribution in [3.63, 3.8) is 0 Å². The van der Waals surface area contributed by atoms with Crippen molar-refractivity contribution in [2.24, 2.45) is 17.6 Å². The van der Waals surface area contributed by atoms with Gasteiger partial charge in [0, 0.05) is 24.2 Å². The first kappa shape index (κ1) is 17.4. The fourth-order valence-corrected chi connectivity index (χ4v) is 3.69. The van der Waals surface area contributed by atoms with Gasteiger partial charge >= 0.3 is 0 Å². The van der Waals surface area contributed by atoms with Crippen LogP contribution in [0.5, 0.6) is 5.75 Å². The number of halogens is 2. The van der Waals surface area contributed by atoms with Crippen LogP contribution in [0.2, 0.25) is 5.02 Å². The number of rotatable bonds is 3. The molecule has 0 bridgehead atoms. The highest BCUT2D eigenvalue weighted by Crippen LogP contribution is 2.35. The van der Waals surface area contributed by atoms with Crippen molar-refractivity contribution in [2.75, 3.05) is 19.7 Å². The first-order valence-electron chi connectivity index (χ1n) is 7.55. The molecule has 3 unspecified atom stereocenters. The van der Waals surface area contributed by atoms with Crippen LogP contribution in [0, 0.1) is 11.8 Å². The van der Waals surface area contributed by atoms with Gasteiger partial charge < -0.3 is 15.4 Å². The van der Waals surface area contributed by atoms with Gasteiger partial charge in [-0.25, -0.2) is 0 Å². The molecule has 2 aliphatic rings. The van der Waals surface area contributed by atoms with Crippen LogP contribution in [0.3, 0.4) is 0 Å². The van der Waals surface area contributed by atoms with Gasteiger partial charge in [-0.3, -0.25) is 4.79 Å². The van der Waals surface area contributed by atoms with E-state index in [1.165, 1.54) is 12.8 Å². The normalized spacial score (nSPS) is 27.0. The Bertz CT molecular complexity index is 527. The van der Waals surface area contributed by atoms with Crippen LogP contribution >= 0.6 is 24.0 Å². The first-order chi connectivity index (χ1) is 10.1. The Labute approximate surface area is 142 Å². The summed E-state index contributed by atoms with van der Waals surface area (Å²) in [6, 6.07) is 7.36. The zero-order valence-electron chi connectivity index (χ0n) is 12.4. The SMILES string of the molecule is Cl.NC1CCCC2CN(C(=O)COc3cccc(Cl)c3)CC12. The molecule has 0 radical (unpaired) electrons. The van der Waals surface area contributed by atoms with Gasteiger partial charge in [-0.1, -0.05) is 24.1 Å². The van der Waals surface area contributed by atoms with E-state index in [9.17, 15) is 4.79 Å². The van der Waals surface area contributed by atoms with Crippen molar-refractivity contribution in [3.8, 4) is 5.75 Å². The molecule has 1 amide bonds. The van der Waals surface area contributed by atoms with Crippen molar-refractivity contribution in [3.05, 3.63) is 29.3 Å². The fourth-order valence-electron chi connectivity index (χ4n) is 3.51. The van der Waals surface area contributed by atoms with E-state index in [-0.39, 0.29) is 31.0 Å². The number of hydrogen-bond donors (Lipinski definition) is 1. The molecule has 0 spiro atoms. The molecule has 1 saturated heterocycles. The number of benzene rings is 1. The van der Waals surface area contributed by atoms with Crippen molar-refractivity contribution >= 4 is 29.9 Å². The first-order valence-corrected chi connectivity index (χ1v) is 7.93. The molecular formula is C16H22Cl2N2O2. The standard InChI is InChI=1S/C16H21ClN2O2.ClH/c17-12-4-2-5-13(7-12)21-10-16(20)19-8-11-3-1-6-15(18)14(11)9-19;/h2,4-5,7,11,14-15H,1,3,6,8-10,18H2;1H. The van der Waals surface area contributed by atoms with Crippen molar-refractivity contribution < 1.29 is 9.53 Å². The molecule has 4 nitrogen and oxygen atoms in total. The fraction of sp³-hybridized carbons (Fsp3) is 0.562. The molecule has 2 fully saturated rings. The minimum absolute atomic E-state index is 0. The summed E-state index contributed by atoms with van der Waals surface area (Å²) in [7, 11) is 0. The maximum Gasteiger partial charge on any atom is 0.260 e. The van der Waals surface area contributed by atoms with Gasteiger partial charge in [-0.05, 0) is 42.9 Å². The summed E-state index contributed by atoms with van der Waals surface area (Å²) in [4.78, 5) is 14.2. The summed E-state index contributed by atoms with van der Waals surface area (Å²) in [6.45, 7) is 1.68. The summed E-state index contributed by atoms with van der Waals surface area (Å²) >= 11 is 5.90. The second kappa shape index (κ2) is 7.53. The molecule has 22 heavy (non-hydrogen) atoms. The zero-order chi connectivity index (χ0) is 14.8. The zero-order valence-corrected chi connectivity index (χ0v) is 14.0. The van der Waals surface area contributed by atoms with E-state index in [0.717, 1.165) is 19.5 Å². The molecular weight excluding hydrogens is 323 g/mol. The Morgan fingerprint density at radius 2 is 2.18 bits per heavy atom. The molecule has 3 rings (SSSR count). The topological polar surface area (TPSA) is 55.6 Å². The predicted octanol–water partition coefficient (Wildman–Crippen LogP) is 2.73. The second-order valence-electron chi connectivity index (χ2n) is 6.06. The highest BCUT2D eigenvalue weighted by Gasteiger charge is 2.40. The van der Waals surface area contributed by atoms with Crippen LogP contribution < -0.4 is 10.5 Å². The van der Waals surface area contributed by atoms with E-state index in [0.29, 0.717) is 22.6 Å². The van der Waals surface area contributed by atoms with Crippen molar-refractivity contribution in [1.29, 1.82) is 0 Å². The number of nitrogens with zero attached hydrogens (tertiary/aromatic N) is 1. The van der Waals surface area contributed by atoms with E-state index in [1.807, 2.05) is 11.0 Å². The molecule has 122 valence electrons. The maximum atomic E-state index is 12.3. The maximum absolute atomic E-state index is 12.3. The van der Waals surface area contributed by atoms with Gasteiger partial charge in [0.15, 0.2) is 6.61 Å². The van der Waals surface area contributed by atoms with E-state index in [2.05, 4.69) is 0 Å². The van der Waals surface area contributed by atoms with E-state index < -0.39 is 0 Å². The number of nitrogens with two attached hydrogens (primary N) is 1. The Morgan fingerprint density at radius 3 is 2.91 bits per heavy atom. The molecule has 1 aromatic rings. The van der Waals surface area contributed by atoms with Crippen LogP contribution in [0.4, 0.5) is 0 Å². The highest BCUT2D eigenvalue weighted by atomic mass is 35.5. The van der Waals surface area contributed by atoms with Crippen LogP contribution in [0.1, 0.15) is 19.3 Å². The van der Waals surface area contributed by atoms with Crippen LogP contribution in [0.15, 0.2) is 24.3 Å². The molecule has 1 aliphatic carbocycles. The number of likely N-dealkylation sites (tertiary alicyclic amines) is 1. The summed E-state index contributed by atoms with van der Waals surface area (Å²) < 4.78 is 5.53. The minimum Gasteiger partial charge on any atom is -0.484 e. The molecule has 1 aromatic carbocycles. The quantitative estimate of drug-likeness (QED) is 0.917. The average Bonchev–Trinajstić information content (AvgIpc) is 2.90. The smallest absolute Gasteiger partial charge is 0.260 e. The van der Waals surface area contributed by atoms with Gasteiger partial charge in [-0.2, -0.15) is 0 Å². The van der Waals surface area contributed by atoms with Crippen molar-refractivity contribution in [1.82, 2.24) is 4.90 Å². The average molecular weight is 345 g/mol. The summed E-state index contributed by atoms with van der Waals surface area (Å²) in [5.41, 5.74) is 6.18. The summed E-state index contributed by atoms with van der Waals surface area (Å²) in [6.07, 6.45) is 3.46. The second-order valence-corrected chi connectivity index (χ2v) is 6.50. The molecule has 1 heterocycles. The lowest BCUT2D eigenvalue weighted by Gasteiger charge is -2.29. The van der Waals surface area contributed by atoms with Gasteiger partial charge in [0.05, 0.1) is 0 Å². The molecule has 2 N–H and O–H groups in total. The van der Waals surface area contributed by atoms with E-state index >= 15 is 0 Å². The van der Waals surface area contributed by atoms with E-state index in [4.69, 9.17) is 22.1 Å². The van der Waals surface area contributed by atoms with Gasteiger partial charge in [-0.15, -0.1) is 12.4 Å². The molecule has 1 saturated carbocycles. The Kier molecular flexibility index (Phi) is 5.95. The molecule has 3 atom stereocenters. The summed E-state index contributed by atoms with van der Waals surface area (Å²) in [5.74, 6) is 1.71. The highest BCUT2D eigenvalue weighted by molar-refractivity contribution is 6.30. The largest absolute Gasteiger partial charge is 0.484 e. The number of hydrogen-bond acceptors (Lipinski definition) is 3. The monoisotopic (exact) mass is 344 g/mol. The predicted molar refractivity (Wildman–Crippen MR) is 89.6 cm³/mol. The Balaban J connectivity index is 0.00000176. The Morgan fingerprint density at radius 1 is 1.36 bits per heavy atom. The third kappa shape index (κ3) is 3.86. The number of amides is 1. The number of fused-ring (bicyclic) bond motifs is 1. The van der Waals surface area contributed by atoms with E-state index in [1.54, 1.807) is 18.2 Å². The molecule has 6 heteroatoms. The third-order valence-corrected chi connectivity index (χ3v) is 4.90. The van der Waals surface area contributed by atoms with Crippen LogP contribution in [0.25, 0.3) is 0 Å². The molecule has 1 aliphatic heterocycles. The molecule has 0 aromatic heterocycles.